The third-order valence-electron chi connectivity index (χ3n) is 3.85. The highest BCUT2D eigenvalue weighted by molar-refractivity contribution is 7.18. The van der Waals surface area contributed by atoms with Crippen LogP contribution in [0.4, 0.5) is 0 Å². The molecule has 6 heteroatoms. The number of nitrogens with one attached hydrogen (secondary N) is 1. The number of nitrogens with zero attached hydrogens (tertiary/aromatic N) is 1. The van der Waals surface area contributed by atoms with Gasteiger partial charge in [-0.05, 0) is 24.3 Å². The van der Waals surface area contributed by atoms with Crippen molar-refractivity contribution in [1.29, 1.82) is 0 Å². The average Bonchev–Trinajstić information content (AvgIpc) is 3.03. The number of hydrogen-bond donors (Lipinski definition) is 1. The third-order valence-corrected chi connectivity index (χ3v) is 4.94. The number of hydrogen-bond acceptors (Lipinski definition) is 5. The fraction of sp³-hybridized carbons (Fsp3) is 0.105. The molecule has 4 rings (SSSR count). The first kappa shape index (κ1) is 15.5. The van der Waals surface area contributed by atoms with Crippen molar-refractivity contribution in [1.82, 2.24) is 10.3 Å². The highest BCUT2D eigenvalue weighted by Gasteiger charge is 2.13. The van der Waals surface area contributed by atoms with Gasteiger partial charge in [0.15, 0.2) is 0 Å². The van der Waals surface area contributed by atoms with E-state index in [-0.39, 0.29) is 5.56 Å². The molecule has 0 saturated carbocycles. The van der Waals surface area contributed by atoms with Gasteiger partial charge in [0.05, 0.1) is 15.2 Å². The van der Waals surface area contributed by atoms with Crippen LogP contribution in [0.5, 0.6) is 0 Å². The van der Waals surface area contributed by atoms with Crippen LogP contribution in [-0.2, 0) is 6.42 Å². The third kappa shape index (κ3) is 3.16. The van der Waals surface area contributed by atoms with E-state index in [4.69, 9.17) is 4.42 Å². The molecular formula is C19H14N2O3S. The number of para-hydroxylation sites is 2. The largest absolute Gasteiger partial charge is 0.422 e. The topological polar surface area (TPSA) is 72.2 Å². The maximum atomic E-state index is 12.3. The molecule has 25 heavy (non-hydrogen) atoms. The number of fused-ring (bicyclic) bond motifs is 2. The molecule has 0 radical (unpaired) electrons. The van der Waals surface area contributed by atoms with Crippen molar-refractivity contribution in [2.75, 3.05) is 6.54 Å². The summed E-state index contributed by atoms with van der Waals surface area (Å²) >= 11 is 1.61. The molecule has 5 nitrogen and oxygen atoms in total. The van der Waals surface area contributed by atoms with Crippen molar-refractivity contribution >= 4 is 38.4 Å². The zero-order valence-corrected chi connectivity index (χ0v) is 14.0. The Bertz CT molecular complexity index is 1100. The molecule has 0 aliphatic heterocycles. The minimum absolute atomic E-state index is 0.0167. The smallest absolute Gasteiger partial charge is 0.349 e. The molecule has 4 aromatic rings. The van der Waals surface area contributed by atoms with Gasteiger partial charge in [-0.1, -0.05) is 30.3 Å². The second kappa shape index (κ2) is 6.49. The molecule has 2 heterocycles. The van der Waals surface area contributed by atoms with Crippen LogP contribution in [0.3, 0.4) is 0 Å². The van der Waals surface area contributed by atoms with Gasteiger partial charge < -0.3 is 9.73 Å². The predicted molar refractivity (Wildman–Crippen MR) is 98.1 cm³/mol. The highest BCUT2D eigenvalue weighted by atomic mass is 32.1. The van der Waals surface area contributed by atoms with Crippen molar-refractivity contribution < 1.29 is 9.21 Å². The molecule has 2 aromatic carbocycles. The van der Waals surface area contributed by atoms with Crippen molar-refractivity contribution in [2.24, 2.45) is 0 Å². The van der Waals surface area contributed by atoms with Crippen LogP contribution in [0.2, 0.25) is 0 Å². The van der Waals surface area contributed by atoms with Crippen molar-refractivity contribution in [3.63, 3.8) is 0 Å². The molecule has 0 aliphatic carbocycles. The minimum Gasteiger partial charge on any atom is -0.422 e. The van der Waals surface area contributed by atoms with Gasteiger partial charge in [0.1, 0.15) is 11.1 Å². The van der Waals surface area contributed by atoms with Gasteiger partial charge in [-0.25, -0.2) is 9.78 Å². The minimum atomic E-state index is -0.629. The second-order valence-corrected chi connectivity index (χ2v) is 6.68. The summed E-state index contributed by atoms with van der Waals surface area (Å²) in [6.07, 6.45) is 0.615. The normalized spacial score (nSPS) is 11.0. The summed E-state index contributed by atoms with van der Waals surface area (Å²) < 4.78 is 6.32. The summed E-state index contributed by atoms with van der Waals surface area (Å²) in [7, 11) is 0. The average molecular weight is 350 g/mol. The SMILES string of the molecule is O=C(NCCc1nc2ccccc2s1)c1cc2ccccc2oc1=O. The monoisotopic (exact) mass is 350 g/mol. The van der Waals surface area contributed by atoms with Gasteiger partial charge in [-0.15, -0.1) is 11.3 Å². The maximum Gasteiger partial charge on any atom is 0.349 e. The summed E-state index contributed by atoms with van der Waals surface area (Å²) in [6, 6.07) is 16.6. The predicted octanol–water partition coefficient (Wildman–Crippen LogP) is 3.38. The molecule has 0 aliphatic rings. The standard InChI is InChI=1S/C19H14N2O3S/c22-18(13-11-12-5-1-3-7-15(12)24-19(13)23)20-10-9-17-21-14-6-2-4-8-16(14)25-17/h1-8,11H,9-10H2,(H,20,22). The first-order valence-corrected chi connectivity index (χ1v) is 8.68. The van der Waals surface area contributed by atoms with E-state index in [2.05, 4.69) is 10.3 Å². The van der Waals surface area contributed by atoms with E-state index in [0.29, 0.717) is 18.5 Å². The summed E-state index contributed by atoms with van der Waals surface area (Å²) in [5.74, 6) is -0.430. The molecule has 0 atom stereocenters. The molecule has 0 spiro atoms. The molecule has 0 fully saturated rings. The van der Waals surface area contributed by atoms with Crippen molar-refractivity contribution in [3.8, 4) is 0 Å². The molecule has 0 unspecified atom stereocenters. The van der Waals surface area contributed by atoms with Gasteiger partial charge in [-0.2, -0.15) is 0 Å². The van der Waals surface area contributed by atoms with E-state index in [0.717, 1.165) is 20.6 Å². The van der Waals surface area contributed by atoms with Gasteiger partial charge >= 0.3 is 5.63 Å². The highest BCUT2D eigenvalue weighted by Crippen LogP contribution is 2.21. The number of amides is 1. The molecule has 1 N–H and O–H groups in total. The Morgan fingerprint density at radius 1 is 1.12 bits per heavy atom. The number of carbonyl (C=O) groups excluding carboxylic acids is 1. The van der Waals surface area contributed by atoms with E-state index < -0.39 is 11.5 Å². The van der Waals surface area contributed by atoms with E-state index in [1.165, 1.54) is 0 Å². The van der Waals surface area contributed by atoms with Gasteiger partial charge in [0.2, 0.25) is 0 Å². The lowest BCUT2D eigenvalue weighted by Gasteiger charge is -2.04. The van der Waals surface area contributed by atoms with Crippen LogP contribution in [0.15, 0.2) is 63.8 Å². The number of rotatable bonds is 4. The lowest BCUT2D eigenvalue weighted by Crippen LogP contribution is -2.29. The van der Waals surface area contributed by atoms with Crippen LogP contribution in [0, 0.1) is 0 Å². The molecule has 124 valence electrons. The molecular weight excluding hydrogens is 336 g/mol. The Hall–Kier alpha value is -2.99. The quantitative estimate of drug-likeness (QED) is 0.573. The zero-order valence-electron chi connectivity index (χ0n) is 13.2. The van der Waals surface area contributed by atoms with Gasteiger partial charge in [-0.3, -0.25) is 4.79 Å². The molecule has 0 saturated heterocycles. The number of benzene rings is 2. The summed E-state index contributed by atoms with van der Waals surface area (Å²) in [6.45, 7) is 0.408. The Kier molecular flexibility index (Phi) is 4.03. The molecule has 1 amide bonds. The van der Waals surface area contributed by atoms with Crippen LogP contribution >= 0.6 is 11.3 Å². The summed E-state index contributed by atoms with van der Waals surface area (Å²) in [4.78, 5) is 28.8. The molecule has 0 bridgehead atoms. The Morgan fingerprint density at radius 3 is 2.80 bits per heavy atom. The summed E-state index contributed by atoms with van der Waals surface area (Å²) in [5, 5.41) is 4.44. The Morgan fingerprint density at radius 2 is 1.92 bits per heavy atom. The fourth-order valence-corrected chi connectivity index (χ4v) is 3.59. The maximum absolute atomic E-state index is 12.3. The van der Waals surface area contributed by atoms with E-state index >= 15 is 0 Å². The Balaban J connectivity index is 1.47. The summed E-state index contributed by atoms with van der Waals surface area (Å²) in [5.41, 5.74) is 0.821. The van der Waals surface area contributed by atoms with Crippen molar-refractivity contribution in [3.05, 3.63) is 75.6 Å². The van der Waals surface area contributed by atoms with Gasteiger partial charge in [0.25, 0.3) is 5.91 Å². The van der Waals surface area contributed by atoms with Crippen LogP contribution in [-0.4, -0.2) is 17.4 Å². The van der Waals surface area contributed by atoms with E-state index in [1.807, 2.05) is 30.3 Å². The lowest BCUT2D eigenvalue weighted by molar-refractivity contribution is 0.0950. The number of thiazole rings is 1. The number of carbonyl (C=O) groups is 1. The number of aromatic nitrogens is 1. The van der Waals surface area contributed by atoms with Crippen LogP contribution in [0.25, 0.3) is 21.2 Å². The van der Waals surface area contributed by atoms with E-state index in [1.54, 1.807) is 35.6 Å². The van der Waals surface area contributed by atoms with Crippen LogP contribution < -0.4 is 10.9 Å². The Labute approximate surface area is 146 Å². The van der Waals surface area contributed by atoms with E-state index in [9.17, 15) is 9.59 Å². The first-order chi connectivity index (χ1) is 12.2. The zero-order chi connectivity index (χ0) is 17.2. The fourth-order valence-electron chi connectivity index (χ4n) is 2.63. The lowest BCUT2D eigenvalue weighted by atomic mass is 10.2. The second-order valence-electron chi connectivity index (χ2n) is 5.57. The van der Waals surface area contributed by atoms with Gasteiger partial charge in [0, 0.05) is 18.4 Å². The van der Waals surface area contributed by atoms with Crippen LogP contribution in [0.1, 0.15) is 15.4 Å². The van der Waals surface area contributed by atoms with Crippen molar-refractivity contribution in [2.45, 2.75) is 6.42 Å². The molecule has 2 aromatic heterocycles. The first-order valence-electron chi connectivity index (χ1n) is 7.86.